The number of amides is 2. The lowest BCUT2D eigenvalue weighted by molar-refractivity contribution is -0.193. The van der Waals surface area contributed by atoms with E-state index in [2.05, 4.69) is 30.6 Å². The second kappa shape index (κ2) is 14.1. The van der Waals surface area contributed by atoms with Crippen molar-refractivity contribution in [1.29, 1.82) is 0 Å². The normalized spacial score (nSPS) is 14.3. The van der Waals surface area contributed by atoms with Crippen LogP contribution in [0.5, 0.6) is 0 Å². The van der Waals surface area contributed by atoms with Gasteiger partial charge in [0, 0.05) is 45.1 Å². The van der Waals surface area contributed by atoms with Crippen LogP contribution in [0.25, 0.3) is 0 Å². The smallest absolute Gasteiger partial charge is 0.475 e. The fourth-order valence-corrected chi connectivity index (χ4v) is 2.82. The van der Waals surface area contributed by atoms with Crippen LogP contribution < -0.4 is 10.6 Å². The highest BCUT2D eigenvalue weighted by molar-refractivity contribution is 5.87. The number of aromatic nitrogens is 4. The number of hydrogen-bond acceptors (Lipinski definition) is 7. The van der Waals surface area contributed by atoms with Crippen molar-refractivity contribution in [3.05, 3.63) is 35.9 Å². The molecule has 12 nitrogen and oxygen atoms in total. The van der Waals surface area contributed by atoms with E-state index in [1.54, 1.807) is 11.7 Å². The molecular formula is C20H25F6N7O5. The Morgan fingerprint density at radius 3 is 1.87 bits per heavy atom. The molecule has 1 saturated heterocycles. The van der Waals surface area contributed by atoms with Gasteiger partial charge < -0.3 is 15.5 Å². The molecule has 3 heterocycles. The third-order valence-corrected chi connectivity index (χ3v) is 4.77. The lowest BCUT2D eigenvalue weighted by atomic mass is 10.0. The zero-order valence-corrected chi connectivity index (χ0v) is 20.0. The minimum absolute atomic E-state index is 0.184. The molecule has 2 amide bonds. The number of nitrogens with zero attached hydrogens (tertiary/aromatic N) is 5. The third kappa shape index (κ3) is 12.3. The van der Waals surface area contributed by atoms with Gasteiger partial charge in [0.15, 0.2) is 0 Å². The zero-order valence-electron chi connectivity index (χ0n) is 20.0. The van der Waals surface area contributed by atoms with Gasteiger partial charge in [-0.2, -0.15) is 31.3 Å². The van der Waals surface area contributed by atoms with Crippen LogP contribution in [-0.2, 0) is 23.2 Å². The average molecular weight is 557 g/mol. The molecule has 2 aromatic heterocycles. The Morgan fingerprint density at radius 2 is 1.47 bits per heavy atom. The topological polar surface area (TPSA) is 163 Å². The molecular weight excluding hydrogens is 532 g/mol. The Hall–Kier alpha value is -3.96. The number of nitrogens with one attached hydrogen (secondary N) is 2. The molecule has 1 fully saturated rings. The second-order valence-corrected chi connectivity index (χ2v) is 7.72. The highest BCUT2D eigenvalue weighted by atomic mass is 19.4. The Labute approximate surface area is 211 Å². The van der Waals surface area contributed by atoms with E-state index in [9.17, 15) is 31.1 Å². The number of alkyl halides is 6. The first-order chi connectivity index (χ1) is 17.5. The molecule has 2 aromatic rings. The first kappa shape index (κ1) is 32.1. The number of aryl methyl sites for hydroxylation is 2. The SMILES string of the molecule is Cc1nc(NC(=O)NC2CCN(Cc3ccncc3)CC2)nn1C.O=C(O)C(F)(F)F.O=C(O)C(F)(F)F. The highest BCUT2D eigenvalue weighted by Gasteiger charge is 2.38. The Bertz CT molecular complexity index is 1010. The summed E-state index contributed by atoms with van der Waals surface area (Å²) in [6, 6.07) is 4.02. The molecule has 3 rings (SSSR count). The van der Waals surface area contributed by atoms with E-state index < -0.39 is 24.3 Å². The summed E-state index contributed by atoms with van der Waals surface area (Å²) in [5.41, 5.74) is 1.27. The number of carbonyl (C=O) groups is 3. The van der Waals surface area contributed by atoms with Gasteiger partial charge in [0.05, 0.1) is 0 Å². The summed E-state index contributed by atoms with van der Waals surface area (Å²) in [4.78, 5) is 40.4. The monoisotopic (exact) mass is 557 g/mol. The number of piperidine rings is 1. The first-order valence-corrected chi connectivity index (χ1v) is 10.7. The van der Waals surface area contributed by atoms with E-state index in [1.807, 2.05) is 31.5 Å². The number of urea groups is 1. The lowest BCUT2D eigenvalue weighted by Gasteiger charge is -2.32. The van der Waals surface area contributed by atoms with Gasteiger partial charge in [0.2, 0.25) is 5.95 Å². The van der Waals surface area contributed by atoms with Gasteiger partial charge in [0.25, 0.3) is 0 Å². The Morgan fingerprint density at radius 1 is 1.00 bits per heavy atom. The number of rotatable bonds is 4. The molecule has 1 aliphatic heterocycles. The fraction of sp³-hybridized carbons (Fsp3) is 0.500. The summed E-state index contributed by atoms with van der Waals surface area (Å²) in [5, 5.41) is 24.1. The zero-order chi connectivity index (χ0) is 29.1. The van der Waals surface area contributed by atoms with Gasteiger partial charge in [-0.15, -0.1) is 5.10 Å². The fourth-order valence-electron chi connectivity index (χ4n) is 2.82. The summed E-state index contributed by atoms with van der Waals surface area (Å²) in [7, 11) is 1.80. The van der Waals surface area contributed by atoms with E-state index in [0.717, 1.165) is 38.3 Å². The van der Waals surface area contributed by atoms with Crippen molar-refractivity contribution >= 4 is 23.9 Å². The molecule has 0 radical (unpaired) electrons. The number of halogens is 6. The van der Waals surface area contributed by atoms with Crippen molar-refractivity contribution in [3.8, 4) is 0 Å². The third-order valence-electron chi connectivity index (χ3n) is 4.77. The molecule has 212 valence electrons. The van der Waals surface area contributed by atoms with Gasteiger partial charge in [-0.05, 0) is 37.5 Å². The minimum Gasteiger partial charge on any atom is -0.475 e. The Kier molecular flexibility index (Phi) is 11.9. The van der Waals surface area contributed by atoms with Crippen molar-refractivity contribution in [1.82, 2.24) is 30.0 Å². The summed E-state index contributed by atoms with van der Waals surface area (Å²) in [6.45, 7) is 4.70. The molecule has 0 bridgehead atoms. The van der Waals surface area contributed by atoms with Crippen LogP contribution >= 0.6 is 0 Å². The average Bonchev–Trinajstić information content (AvgIpc) is 3.11. The molecule has 0 atom stereocenters. The maximum absolute atomic E-state index is 12.0. The standard InChI is InChI=1S/C16H23N7O.2C2HF3O2/c1-12-18-15(21-22(12)2)20-16(24)19-14-5-9-23(10-6-14)11-13-3-7-17-8-4-13;2*3-2(4,5)1(6)7/h3-4,7-8,14H,5-6,9-11H2,1-2H3,(H2,19,20,21,24);2*(H,6,7). The maximum Gasteiger partial charge on any atom is 0.490 e. The van der Waals surface area contributed by atoms with E-state index in [0.29, 0.717) is 5.95 Å². The van der Waals surface area contributed by atoms with Gasteiger partial charge >= 0.3 is 30.3 Å². The molecule has 1 aliphatic rings. The predicted molar refractivity (Wildman–Crippen MR) is 118 cm³/mol. The van der Waals surface area contributed by atoms with E-state index in [1.165, 1.54) is 5.56 Å². The van der Waals surface area contributed by atoms with Crippen molar-refractivity contribution < 1.29 is 50.9 Å². The molecule has 0 saturated carbocycles. The van der Waals surface area contributed by atoms with Crippen molar-refractivity contribution in [3.63, 3.8) is 0 Å². The summed E-state index contributed by atoms with van der Waals surface area (Å²) in [5.74, 6) is -4.42. The van der Waals surface area contributed by atoms with Crippen LogP contribution in [0.4, 0.5) is 37.1 Å². The van der Waals surface area contributed by atoms with Crippen LogP contribution in [-0.4, -0.2) is 84.3 Å². The van der Waals surface area contributed by atoms with E-state index in [4.69, 9.17) is 19.8 Å². The largest absolute Gasteiger partial charge is 0.490 e. The molecule has 0 aromatic carbocycles. The van der Waals surface area contributed by atoms with Gasteiger partial charge in [-0.1, -0.05) is 0 Å². The minimum atomic E-state index is -5.08. The van der Waals surface area contributed by atoms with E-state index >= 15 is 0 Å². The van der Waals surface area contributed by atoms with Crippen LogP contribution in [0.3, 0.4) is 0 Å². The number of aliphatic carboxylic acids is 2. The maximum atomic E-state index is 12.0. The van der Waals surface area contributed by atoms with Crippen LogP contribution in [0, 0.1) is 6.92 Å². The molecule has 0 spiro atoms. The summed E-state index contributed by atoms with van der Waals surface area (Å²) >= 11 is 0. The predicted octanol–water partition coefficient (Wildman–Crippen LogP) is 2.57. The number of hydrogen-bond donors (Lipinski definition) is 4. The number of anilines is 1. The van der Waals surface area contributed by atoms with Crippen LogP contribution in [0.15, 0.2) is 24.5 Å². The first-order valence-electron chi connectivity index (χ1n) is 10.7. The quantitative estimate of drug-likeness (QED) is 0.414. The highest BCUT2D eigenvalue weighted by Crippen LogP contribution is 2.15. The summed E-state index contributed by atoms with van der Waals surface area (Å²) in [6.07, 6.45) is -4.65. The number of pyridine rings is 1. The molecule has 38 heavy (non-hydrogen) atoms. The molecule has 4 N–H and O–H groups in total. The van der Waals surface area contributed by atoms with E-state index in [-0.39, 0.29) is 12.1 Å². The van der Waals surface area contributed by atoms with Gasteiger partial charge in [-0.25, -0.2) is 14.4 Å². The lowest BCUT2D eigenvalue weighted by Crippen LogP contribution is -2.45. The number of carboxylic acid groups (broad SMARTS) is 2. The van der Waals surface area contributed by atoms with Crippen molar-refractivity contribution in [2.45, 2.75) is 44.7 Å². The van der Waals surface area contributed by atoms with Crippen LogP contribution in [0.1, 0.15) is 24.2 Å². The summed E-state index contributed by atoms with van der Waals surface area (Å²) < 4.78 is 65.1. The van der Waals surface area contributed by atoms with Gasteiger partial charge in [-0.3, -0.25) is 19.9 Å². The van der Waals surface area contributed by atoms with Gasteiger partial charge in [0.1, 0.15) is 5.82 Å². The molecule has 0 aliphatic carbocycles. The molecule has 18 heteroatoms. The Balaban J connectivity index is 0.000000426. The van der Waals surface area contributed by atoms with Crippen molar-refractivity contribution in [2.75, 3.05) is 18.4 Å². The molecule has 0 unspecified atom stereocenters. The number of carboxylic acids is 2. The number of carbonyl (C=O) groups excluding carboxylic acids is 1. The second-order valence-electron chi connectivity index (χ2n) is 7.72. The number of likely N-dealkylation sites (tertiary alicyclic amines) is 1. The van der Waals surface area contributed by atoms with Crippen LogP contribution in [0.2, 0.25) is 0 Å². The van der Waals surface area contributed by atoms with Crippen molar-refractivity contribution in [2.24, 2.45) is 7.05 Å².